The number of benzene rings is 2. The smallest absolute Gasteiger partial charge is 0.213 e. The molecule has 192 valence electrons. The van der Waals surface area contributed by atoms with E-state index < -0.39 is 53.8 Å². The summed E-state index contributed by atoms with van der Waals surface area (Å²) in [6.45, 7) is 3.39. The molecule has 0 saturated heterocycles. The summed E-state index contributed by atoms with van der Waals surface area (Å²) < 4.78 is 89.3. The van der Waals surface area contributed by atoms with Gasteiger partial charge in [-0.05, 0) is 62.1 Å². The number of nitrogens with zero attached hydrogens (tertiary/aromatic N) is 1. The Balaban J connectivity index is 1.93. The van der Waals surface area contributed by atoms with E-state index >= 15 is 4.39 Å². The van der Waals surface area contributed by atoms with Crippen molar-refractivity contribution in [1.29, 1.82) is 0 Å². The van der Waals surface area contributed by atoms with E-state index in [9.17, 15) is 21.2 Å². The van der Waals surface area contributed by atoms with E-state index in [2.05, 4.69) is 0 Å². The molecular weight excluding hydrogens is 520 g/mol. The highest BCUT2D eigenvalue weighted by Gasteiger charge is 2.61. The molecule has 6 nitrogen and oxygen atoms in total. The molecule has 0 aromatic heterocycles. The Morgan fingerprint density at radius 2 is 1.71 bits per heavy atom. The first kappa shape index (κ1) is 26.3. The van der Waals surface area contributed by atoms with E-state index in [1.807, 2.05) is 0 Å². The van der Waals surface area contributed by atoms with E-state index in [1.54, 1.807) is 13.8 Å². The molecule has 1 heterocycles. The van der Waals surface area contributed by atoms with Crippen LogP contribution in [0.2, 0.25) is 5.02 Å². The third kappa shape index (κ3) is 4.26. The summed E-state index contributed by atoms with van der Waals surface area (Å²) in [5.41, 5.74) is -0.310. The maximum atomic E-state index is 15.4. The fourth-order valence-electron chi connectivity index (χ4n) is 5.61. The Labute approximate surface area is 210 Å². The lowest BCUT2D eigenvalue weighted by molar-refractivity contribution is 0.0660. The van der Waals surface area contributed by atoms with Crippen molar-refractivity contribution in [3.05, 3.63) is 58.6 Å². The largest absolute Gasteiger partial charge is 0.490 e. The van der Waals surface area contributed by atoms with Gasteiger partial charge in [-0.1, -0.05) is 24.9 Å². The number of hydrogen-bond donors (Lipinski definition) is 0. The predicted molar refractivity (Wildman–Crippen MR) is 130 cm³/mol. The van der Waals surface area contributed by atoms with Gasteiger partial charge in [0.15, 0.2) is 21.4 Å². The zero-order valence-electron chi connectivity index (χ0n) is 19.5. The zero-order chi connectivity index (χ0) is 25.6. The average molecular weight is 548 g/mol. The van der Waals surface area contributed by atoms with Crippen LogP contribution in [-0.4, -0.2) is 46.6 Å². The molecule has 3 atom stereocenters. The van der Waals surface area contributed by atoms with E-state index in [0.29, 0.717) is 17.9 Å². The molecule has 0 spiro atoms. The van der Waals surface area contributed by atoms with Gasteiger partial charge < -0.3 is 4.74 Å². The first-order valence-electron chi connectivity index (χ1n) is 11.6. The molecule has 2 unspecified atom stereocenters. The maximum absolute atomic E-state index is 15.4. The quantitative estimate of drug-likeness (QED) is 0.499. The van der Waals surface area contributed by atoms with Gasteiger partial charge in [0.2, 0.25) is 10.0 Å². The van der Waals surface area contributed by atoms with Crippen molar-refractivity contribution in [3.8, 4) is 5.75 Å². The van der Waals surface area contributed by atoms with Gasteiger partial charge in [0.1, 0.15) is 10.6 Å². The van der Waals surface area contributed by atoms with Crippen LogP contribution in [0.15, 0.2) is 41.3 Å². The molecule has 2 aromatic rings. The van der Waals surface area contributed by atoms with E-state index in [-0.39, 0.29) is 42.3 Å². The molecule has 0 bridgehead atoms. The van der Waals surface area contributed by atoms with E-state index in [0.717, 1.165) is 12.1 Å². The second kappa shape index (κ2) is 9.61. The van der Waals surface area contributed by atoms with Gasteiger partial charge in [-0.3, -0.25) is 0 Å². The van der Waals surface area contributed by atoms with Crippen molar-refractivity contribution in [1.82, 2.24) is 4.31 Å². The highest BCUT2D eigenvalue weighted by atomic mass is 35.5. The summed E-state index contributed by atoms with van der Waals surface area (Å²) in [5, 5.41) is 0.340. The lowest BCUT2D eigenvalue weighted by atomic mass is 9.67. The van der Waals surface area contributed by atoms with Crippen LogP contribution in [0.3, 0.4) is 0 Å². The van der Waals surface area contributed by atoms with Crippen LogP contribution in [0.1, 0.15) is 38.7 Å². The number of rotatable bonds is 7. The van der Waals surface area contributed by atoms with E-state index in [4.69, 9.17) is 16.3 Å². The van der Waals surface area contributed by atoms with Crippen LogP contribution in [0.5, 0.6) is 5.75 Å². The van der Waals surface area contributed by atoms with Gasteiger partial charge in [0, 0.05) is 24.0 Å². The average Bonchev–Trinajstić information content (AvgIpc) is 2.84. The first-order chi connectivity index (χ1) is 16.5. The highest BCUT2D eigenvalue weighted by Crippen LogP contribution is 2.58. The number of ether oxygens (including phenoxy) is 1. The Hall–Kier alpha value is -1.75. The topological polar surface area (TPSA) is 80.8 Å². The molecule has 4 rings (SSSR count). The minimum Gasteiger partial charge on any atom is -0.490 e. The third-order valence-corrected chi connectivity index (χ3v) is 12.1. The van der Waals surface area contributed by atoms with Gasteiger partial charge in [-0.15, -0.1) is 0 Å². The maximum Gasteiger partial charge on any atom is 0.213 e. The Bertz CT molecular complexity index is 1320. The number of fused-ring (bicyclic) bond motifs is 3. The number of sulfone groups is 1. The van der Waals surface area contributed by atoms with Crippen molar-refractivity contribution in [3.63, 3.8) is 0 Å². The van der Waals surface area contributed by atoms with Crippen LogP contribution in [0.25, 0.3) is 0 Å². The van der Waals surface area contributed by atoms with Crippen LogP contribution in [0, 0.1) is 23.5 Å². The summed E-state index contributed by atoms with van der Waals surface area (Å²) in [6.07, 6.45) is 0.990. The van der Waals surface area contributed by atoms with Crippen molar-refractivity contribution < 1.29 is 30.4 Å². The molecule has 1 aliphatic heterocycles. The van der Waals surface area contributed by atoms with Crippen LogP contribution >= 0.6 is 11.6 Å². The van der Waals surface area contributed by atoms with Crippen molar-refractivity contribution in [2.45, 2.75) is 42.8 Å². The van der Waals surface area contributed by atoms with Crippen molar-refractivity contribution in [2.24, 2.45) is 11.8 Å². The third-order valence-electron chi connectivity index (χ3n) is 7.33. The molecule has 11 heteroatoms. The van der Waals surface area contributed by atoms with Crippen molar-refractivity contribution in [2.75, 3.05) is 25.4 Å². The molecule has 2 aliphatic rings. The van der Waals surface area contributed by atoms with Crippen LogP contribution in [0.4, 0.5) is 8.78 Å². The summed E-state index contributed by atoms with van der Waals surface area (Å²) in [4.78, 5) is -0.0578. The standard InChI is InChI=1S/C24H28ClF2NO5S2/c1-3-28(34(29,30)4-2)14-16-6-5-13-24(35(31,32)18-9-7-17(25)8-10-18)19(16)15-33-23-21(27)12-11-20(26)22(23)24/h7-12,16,19H,3-6,13-15H2,1-2H3/t16-,19?,24?/m0/s1. The summed E-state index contributed by atoms with van der Waals surface area (Å²) in [7, 11) is -7.82. The second-order valence-corrected chi connectivity index (χ2v) is 13.9. The van der Waals surface area contributed by atoms with Gasteiger partial charge in [-0.2, -0.15) is 0 Å². The second-order valence-electron chi connectivity index (χ2n) is 9.00. The molecule has 0 radical (unpaired) electrons. The normalized spacial score (nSPS) is 24.5. The monoisotopic (exact) mass is 547 g/mol. The Morgan fingerprint density at radius 3 is 2.34 bits per heavy atom. The molecule has 1 aliphatic carbocycles. The number of sulfonamides is 1. The minimum atomic E-state index is -4.28. The molecule has 2 aromatic carbocycles. The summed E-state index contributed by atoms with van der Waals surface area (Å²) in [5.74, 6) is -3.42. The van der Waals surface area contributed by atoms with E-state index in [1.165, 1.54) is 28.6 Å². The number of halogens is 3. The SMILES string of the molecule is CCN(C[C@@H]1CCCC2(S(=O)(=O)c3ccc(Cl)cc3)c3c(F)ccc(F)c3OCC12)S(=O)(=O)CC. The minimum absolute atomic E-state index is 0.0578. The highest BCUT2D eigenvalue weighted by molar-refractivity contribution is 7.92. The molecule has 0 N–H and O–H groups in total. The van der Waals surface area contributed by atoms with Gasteiger partial charge in [0.05, 0.1) is 22.8 Å². The van der Waals surface area contributed by atoms with Gasteiger partial charge in [-0.25, -0.2) is 29.9 Å². The molecule has 0 amide bonds. The summed E-state index contributed by atoms with van der Waals surface area (Å²) in [6, 6.07) is 7.44. The Kier molecular flexibility index (Phi) is 7.23. The first-order valence-corrected chi connectivity index (χ1v) is 15.1. The lowest BCUT2D eigenvalue weighted by Crippen LogP contribution is -2.56. The van der Waals surface area contributed by atoms with Crippen LogP contribution < -0.4 is 4.74 Å². The fourth-order valence-corrected chi connectivity index (χ4v) is 9.36. The van der Waals surface area contributed by atoms with Gasteiger partial charge in [0.25, 0.3) is 0 Å². The molecular formula is C24H28ClF2NO5S2. The zero-order valence-corrected chi connectivity index (χ0v) is 21.9. The fraction of sp³-hybridized carbons (Fsp3) is 0.500. The van der Waals surface area contributed by atoms with Crippen LogP contribution in [-0.2, 0) is 24.6 Å². The predicted octanol–water partition coefficient (Wildman–Crippen LogP) is 4.77. The molecule has 1 saturated carbocycles. The lowest BCUT2D eigenvalue weighted by Gasteiger charge is -2.51. The Morgan fingerprint density at radius 1 is 1.06 bits per heavy atom. The number of hydrogen-bond acceptors (Lipinski definition) is 5. The van der Waals surface area contributed by atoms with Gasteiger partial charge >= 0.3 is 0 Å². The summed E-state index contributed by atoms with van der Waals surface area (Å²) >= 11 is 5.98. The molecule has 35 heavy (non-hydrogen) atoms. The molecule has 1 fully saturated rings. The van der Waals surface area contributed by atoms with Crippen molar-refractivity contribution >= 4 is 31.5 Å².